The van der Waals surface area contributed by atoms with Gasteiger partial charge in [-0.3, -0.25) is 0 Å². The van der Waals surface area contributed by atoms with Gasteiger partial charge in [0.2, 0.25) is 0 Å². The average molecular weight is 744 g/mol. The van der Waals surface area contributed by atoms with Crippen LogP contribution >= 0.6 is 0 Å². The number of para-hydroxylation sites is 2. The SMILES string of the molecule is CC1(C)c2ccccc2-c2ccc(-c3cc(N(c4ccc(-c5ccccc5)cc4)c4cccc5c4oc4ccccc45)c4c(c3)oc3c5ccccc5ccc34)cc21. The van der Waals surface area contributed by atoms with Gasteiger partial charge in [0.15, 0.2) is 5.58 Å². The van der Waals surface area contributed by atoms with E-state index in [-0.39, 0.29) is 5.41 Å². The van der Waals surface area contributed by atoms with Gasteiger partial charge in [0.1, 0.15) is 16.7 Å². The van der Waals surface area contributed by atoms with Crippen LogP contribution in [0, 0.1) is 0 Å². The molecule has 11 aromatic rings. The second kappa shape index (κ2) is 12.3. The summed E-state index contributed by atoms with van der Waals surface area (Å²) >= 11 is 0. The summed E-state index contributed by atoms with van der Waals surface area (Å²) < 4.78 is 13.8. The third kappa shape index (κ3) is 4.80. The number of anilines is 3. The van der Waals surface area contributed by atoms with Gasteiger partial charge in [-0.15, -0.1) is 0 Å². The Morgan fingerprint density at radius 2 is 1.09 bits per heavy atom. The molecule has 0 fully saturated rings. The molecular formula is C55H37NO2. The predicted octanol–water partition coefficient (Wildman–Crippen LogP) is 15.7. The van der Waals surface area contributed by atoms with Crippen molar-refractivity contribution in [2.45, 2.75) is 19.3 Å². The molecular weight excluding hydrogens is 707 g/mol. The zero-order valence-electron chi connectivity index (χ0n) is 32.2. The van der Waals surface area contributed by atoms with Crippen LogP contribution in [0.2, 0.25) is 0 Å². The lowest BCUT2D eigenvalue weighted by Crippen LogP contribution is -2.14. The Labute approximate surface area is 336 Å². The van der Waals surface area contributed by atoms with Gasteiger partial charge in [-0.2, -0.15) is 0 Å². The molecule has 1 aliphatic carbocycles. The normalized spacial score (nSPS) is 13.1. The Balaban J connectivity index is 1.16. The van der Waals surface area contributed by atoms with Crippen LogP contribution < -0.4 is 4.90 Å². The average Bonchev–Trinajstić information content (AvgIpc) is 3.92. The summed E-state index contributed by atoms with van der Waals surface area (Å²) in [5.41, 5.74) is 16.2. The Hall–Kier alpha value is -7.36. The molecule has 0 atom stereocenters. The fourth-order valence-electron chi connectivity index (χ4n) is 9.59. The molecule has 2 heterocycles. The highest BCUT2D eigenvalue weighted by Crippen LogP contribution is 2.52. The second-order valence-electron chi connectivity index (χ2n) is 16.1. The van der Waals surface area contributed by atoms with E-state index in [0.29, 0.717) is 0 Å². The van der Waals surface area contributed by atoms with E-state index in [1.807, 2.05) is 6.07 Å². The summed E-state index contributed by atoms with van der Waals surface area (Å²) in [7, 11) is 0. The maximum Gasteiger partial charge on any atom is 0.159 e. The molecule has 3 nitrogen and oxygen atoms in total. The number of fused-ring (bicyclic) bond motifs is 11. The minimum atomic E-state index is -0.128. The first kappa shape index (κ1) is 32.8. The van der Waals surface area contributed by atoms with Gasteiger partial charge in [0, 0.05) is 32.6 Å². The summed E-state index contributed by atoms with van der Waals surface area (Å²) in [5, 5.41) is 6.55. The van der Waals surface area contributed by atoms with Crippen molar-refractivity contribution in [1.29, 1.82) is 0 Å². The fourth-order valence-corrected chi connectivity index (χ4v) is 9.59. The largest absolute Gasteiger partial charge is 0.455 e. The molecule has 0 spiro atoms. The lowest BCUT2D eigenvalue weighted by atomic mass is 9.81. The van der Waals surface area contributed by atoms with Crippen molar-refractivity contribution in [2.75, 3.05) is 4.90 Å². The summed E-state index contributed by atoms with van der Waals surface area (Å²) in [4.78, 5) is 2.38. The first-order chi connectivity index (χ1) is 28.5. The molecule has 58 heavy (non-hydrogen) atoms. The zero-order valence-corrected chi connectivity index (χ0v) is 32.2. The summed E-state index contributed by atoms with van der Waals surface area (Å²) in [6, 6.07) is 67.6. The zero-order chi connectivity index (χ0) is 38.5. The van der Waals surface area contributed by atoms with Crippen molar-refractivity contribution in [1.82, 2.24) is 0 Å². The van der Waals surface area contributed by atoms with Crippen molar-refractivity contribution in [3.8, 4) is 33.4 Å². The van der Waals surface area contributed by atoms with Crippen LogP contribution in [0.1, 0.15) is 25.0 Å². The summed E-state index contributed by atoms with van der Waals surface area (Å²) in [6.07, 6.45) is 0. The van der Waals surface area contributed by atoms with Gasteiger partial charge in [0.25, 0.3) is 0 Å². The molecule has 0 N–H and O–H groups in total. The molecule has 0 radical (unpaired) electrons. The highest BCUT2D eigenvalue weighted by molar-refractivity contribution is 6.21. The molecule has 0 saturated carbocycles. The Bertz CT molecular complexity index is 3420. The van der Waals surface area contributed by atoms with E-state index in [1.54, 1.807) is 0 Å². The van der Waals surface area contributed by atoms with Crippen LogP contribution in [0.25, 0.3) is 88.0 Å². The van der Waals surface area contributed by atoms with Gasteiger partial charge < -0.3 is 13.7 Å². The van der Waals surface area contributed by atoms with E-state index in [4.69, 9.17) is 8.83 Å². The molecule has 0 amide bonds. The van der Waals surface area contributed by atoms with Crippen molar-refractivity contribution >= 4 is 71.7 Å². The molecule has 0 saturated heterocycles. The van der Waals surface area contributed by atoms with Crippen LogP contribution in [0.4, 0.5) is 17.1 Å². The molecule has 12 rings (SSSR count). The van der Waals surface area contributed by atoms with Crippen molar-refractivity contribution < 1.29 is 8.83 Å². The fraction of sp³-hybridized carbons (Fsp3) is 0.0545. The molecule has 9 aromatic carbocycles. The number of hydrogen-bond acceptors (Lipinski definition) is 3. The summed E-state index contributed by atoms with van der Waals surface area (Å²) in [5.74, 6) is 0. The first-order valence-electron chi connectivity index (χ1n) is 20.0. The minimum Gasteiger partial charge on any atom is -0.455 e. The Kier molecular flexibility index (Phi) is 6.98. The number of nitrogens with zero attached hydrogens (tertiary/aromatic N) is 1. The van der Waals surface area contributed by atoms with Gasteiger partial charge in [-0.05, 0) is 98.4 Å². The smallest absolute Gasteiger partial charge is 0.159 e. The molecule has 2 aromatic heterocycles. The lowest BCUT2D eigenvalue weighted by Gasteiger charge is -2.27. The molecule has 0 bridgehead atoms. The number of benzene rings is 9. The van der Waals surface area contributed by atoms with E-state index in [0.717, 1.165) is 88.4 Å². The highest BCUT2D eigenvalue weighted by Gasteiger charge is 2.35. The van der Waals surface area contributed by atoms with E-state index < -0.39 is 0 Å². The van der Waals surface area contributed by atoms with Crippen LogP contribution in [-0.4, -0.2) is 0 Å². The van der Waals surface area contributed by atoms with Crippen LogP contribution in [-0.2, 0) is 5.41 Å². The van der Waals surface area contributed by atoms with Gasteiger partial charge in [0.05, 0.1) is 16.8 Å². The van der Waals surface area contributed by atoms with E-state index >= 15 is 0 Å². The number of furan rings is 2. The first-order valence-corrected chi connectivity index (χ1v) is 20.0. The maximum atomic E-state index is 7.04. The van der Waals surface area contributed by atoms with E-state index in [2.05, 4.69) is 201 Å². The number of rotatable bonds is 5. The second-order valence-corrected chi connectivity index (χ2v) is 16.1. The van der Waals surface area contributed by atoms with Crippen LogP contribution in [0.3, 0.4) is 0 Å². The van der Waals surface area contributed by atoms with Crippen LogP contribution in [0.5, 0.6) is 0 Å². The van der Waals surface area contributed by atoms with Gasteiger partial charge in [-0.25, -0.2) is 0 Å². The quantitative estimate of drug-likeness (QED) is 0.176. The Morgan fingerprint density at radius 1 is 0.397 bits per heavy atom. The third-order valence-corrected chi connectivity index (χ3v) is 12.5. The van der Waals surface area contributed by atoms with Crippen LogP contribution in [0.15, 0.2) is 197 Å². The van der Waals surface area contributed by atoms with E-state index in [1.165, 1.54) is 27.8 Å². The molecule has 3 heteroatoms. The summed E-state index contributed by atoms with van der Waals surface area (Å²) in [6.45, 7) is 4.69. The highest BCUT2D eigenvalue weighted by atomic mass is 16.3. The third-order valence-electron chi connectivity index (χ3n) is 12.5. The van der Waals surface area contributed by atoms with Gasteiger partial charge >= 0.3 is 0 Å². The van der Waals surface area contributed by atoms with E-state index in [9.17, 15) is 0 Å². The molecule has 1 aliphatic rings. The maximum absolute atomic E-state index is 7.04. The Morgan fingerprint density at radius 3 is 1.97 bits per heavy atom. The van der Waals surface area contributed by atoms with Crippen molar-refractivity contribution in [3.05, 3.63) is 199 Å². The molecule has 0 unspecified atom stereocenters. The monoisotopic (exact) mass is 743 g/mol. The van der Waals surface area contributed by atoms with Gasteiger partial charge in [-0.1, -0.05) is 153 Å². The topological polar surface area (TPSA) is 29.5 Å². The molecule has 274 valence electrons. The lowest BCUT2D eigenvalue weighted by molar-refractivity contribution is 0.660. The number of hydrogen-bond donors (Lipinski definition) is 0. The standard InChI is InChI=1S/C55H37NO2/c1-55(2)46-20-10-8-17-41(46)42-29-26-37(31-47(42)55)38-32-49(52-45-30-25-36-15-6-7-16-40(36)53(45)58-51(52)33-38)56(39-27-23-35(24-28-39)34-13-4-3-5-14-34)48-21-12-19-44-43-18-9-11-22-50(43)57-54(44)48/h3-33H,1-2H3. The predicted molar refractivity (Wildman–Crippen MR) is 242 cm³/mol. The minimum absolute atomic E-state index is 0.128. The van der Waals surface area contributed by atoms with Crippen molar-refractivity contribution in [2.24, 2.45) is 0 Å². The van der Waals surface area contributed by atoms with Crippen molar-refractivity contribution in [3.63, 3.8) is 0 Å². The molecule has 0 aliphatic heterocycles.